The predicted octanol–water partition coefficient (Wildman–Crippen LogP) is 8.12. The molecule has 0 nitrogen and oxygen atoms in total. The van der Waals surface area contributed by atoms with E-state index in [1.54, 1.807) is 6.07 Å². The van der Waals surface area contributed by atoms with E-state index in [0.717, 1.165) is 37.0 Å². The molecule has 0 aromatic heterocycles. The molecule has 0 heterocycles. The van der Waals surface area contributed by atoms with E-state index in [4.69, 9.17) is 0 Å². The molecule has 31 heavy (non-hydrogen) atoms. The monoisotopic (exact) mass is 442 g/mol. The van der Waals surface area contributed by atoms with Crippen LogP contribution >= 0.6 is 0 Å². The second kappa shape index (κ2) is 9.71. The van der Waals surface area contributed by atoms with Crippen molar-refractivity contribution < 1.29 is 30.7 Å². The Balaban J connectivity index is 1.94. The van der Waals surface area contributed by atoms with Gasteiger partial charge in [0.25, 0.3) is 6.43 Å². The lowest BCUT2D eigenvalue weighted by Gasteiger charge is -2.21. The number of halogens is 7. The Labute approximate surface area is 176 Å². The van der Waals surface area contributed by atoms with Crippen LogP contribution in [0.4, 0.5) is 30.7 Å². The van der Waals surface area contributed by atoms with Gasteiger partial charge in [-0.2, -0.15) is 0 Å². The number of unbranched alkanes of at least 4 members (excludes halogenated alkanes) is 2. The molecule has 1 unspecified atom stereocenters. The van der Waals surface area contributed by atoms with Crippen LogP contribution in [0.2, 0.25) is 0 Å². The fourth-order valence-electron chi connectivity index (χ4n) is 3.73. The number of alkyl halides is 3. The number of aryl methyl sites for hydroxylation is 1. The van der Waals surface area contributed by atoms with Crippen LogP contribution in [0.25, 0.3) is 16.7 Å². The van der Waals surface area contributed by atoms with Crippen molar-refractivity contribution in [3.63, 3.8) is 0 Å². The summed E-state index contributed by atoms with van der Waals surface area (Å²) in [5.74, 6) is -4.51. The van der Waals surface area contributed by atoms with Crippen LogP contribution in [0.15, 0.2) is 47.8 Å². The highest BCUT2D eigenvalue weighted by Gasteiger charge is 2.32. The molecule has 2 aromatic carbocycles. The average Bonchev–Trinajstić information content (AvgIpc) is 2.67. The van der Waals surface area contributed by atoms with Gasteiger partial charge in [-0.15, -0.1) is 0 Å². The van der Waals surface area contributed by atoms with Gasteiger partial charge in [-0.25, -0.2) is 30.7 Å². The largest absolute Gasteiger partial charge is 0.265 e. The summed E-state index contributed by atoms with van der Waals surface area (Å²) in [6.45, 7) is 2.05. The van der Waals surface area contributed by atoms with Gasteiger partial charge in [0.2, 0.25) is 0 Å². The molecule has 0 fully saturated rings. The van der Waals surface area contributed by atoms with Crippen LogP contribution in [0.5, 0.6) is 0 Å². The van der Waals surface area contributed by atoms with Crippen LogP contribution in [-0.4, -0.2) is 12.6 Å². The molecular weight excluding hydrogens is 421 g/mol. The van der Waals surface area contributed by atoms with Crippen molar-refractivity contribution in [1.29, 1.82) is 0 Å². The molecule has 1 atom stereocenters. The molecule has 2 aromatic rings. The van der Waals surface area contributed by atoms with Gasteiger partial charge in [0.15, 0.2) is 0 Å². The maximum Gasteiger partial charge on any atom is 0.265 e. The third-order valence-electron chi connectivity index (χ3n) is 5.33. The van der Waals surface area contributed by atoms with Crippen LogP contribution in [0, 0.1) is 17.5 Å². The molecular formula is C24H21F7. The molecule has 166 valence electrons. The topological polar surface area (TPSA) is 0 Å². The molecule has 0 saturated carbocycles. The number of hydrogen-bond acceptors (Lipinski definition) is 0. The van der Waals surface area contributed by atoms with Crippen molar-refractivity contribution in [3.8, 4) is 11.1 Å². The normalized spacial score (nSPS) is 16.8. The molecule has 0 aliphatic heterocycles. The molecule has 3 rings (SSSR count). The Morgan fingerprint density at radius 3 is 2.16 bits per heavy atom. The zero-order valence-corrected chi connectivity index (χ0v) is 16.8. The minimum atomic E-state index is -3.35. The lowest BCUT2D eigenvalue weighted by atomic mass is 9.89. The summed E-state index contributed by atoms with van der Waals surface area (Å²) in [6, 6.07) is 6.16. The van der Waals surface area contributed by atoms with Gasteiger partial charge in [0.05, 0.1) is 5.57 Å². The first-order valence-corrected chi connectivity index (χ1v) is 10.0. The third kappa shape index (κ3) is 5.02. The van der Waals surface area contributed by atoms with Gasteiger partial charge >= 0.3 is 0 Å². The fourth-order valence-corrected chi connectivity index (χ4v) is 3.73. The maximum absolute atomic E-state index is 14.7. The second-order valence-corrected chi connectivity index (χ2v) is 7.53. The van der Waals surface area contributed by atoms with E-state index in [1.807, 2.05) is 0 Å². The van der Waals surface area contributed by atoms with E-state index in [2.05, 4.69) is 6.92 Å². The molecule has 0 spiro atoms. The molecule has 0 saturated heterocycles. The van der Waals surface area contributed by atoms with Gasteiger partial charge in [0, 0.05) is 17.5 Å². The number of rotatable bonds is 7. The Morgan fingerprint density at radius 1 is 0.935 bits per heavy atom. The molecule has 0 amide bonds. The first-order valence-electron chi connectivity index (χ1n) is 10.0. The Kier molecular flexibility index (Phi) is 7.23. The van der Waals surface area contributed by atoms with E-state index in [9.17, 15) is 30.7 Å². The van der Waals surface area contributed by atoms with E-state index < -0.39 is 59.0 Å². The zero-order valence-electron chi connectivity index (χ0n) is 16.8. The van der Waals surface area contributed by atoms with Gasteiger partial charge in [0.1, 0.15) is 29.5 Å². The summed E-state index contributed by atoms with van der Waals surface area (Å²) >= 11 is 0. The van der Waals surface area contributed by atoms with Crippen LogP contribution in [-0.2, 0) is 6.42 Å². The Bertz CT molecular complexity index is 998. The summed E-state index contributed by atoms with van der Waals surface area (Å²) in [4.78, 5) is 0. The van der Waals surface area contributed by atoms with Crippen molar-refractivity contribution in [2.45, 2.75) is 51.6 Å². The van der Waals surface area contributed by atoms with E-state index in [1.165, 1.54) is 12.1 Å². The van der Waals surface area contributed by atoms with Crippen molar-refractivity contribution in [1.82, 2.24) is 0 Å². The fraction of sp³-hybridized carbons (Fsp3) is 0.333. The van der Waals surface area contributed by atoms with Crippen LogP contribution in [0.3, 0.4) is 0 Å². The molecule has 1 aliphatic rings. The highest BCUT2D eigenvalue weighted by molar-refractivity contribution is 5.75. The summed E-state index contributed by atoms with van der Waals surface area (Å²) in [5.41, 5.74) is -1.79. The third-order valence-corrected chi connectivity index (χ3v) is 5.33. The van der Waals surface area contributed by atoms with Gasteiger partial charge in [-0.1, -0.05) is 31.9 Å². The quantitative estimate of drug-likeness (QED) is 0.300. The number of hydrogen-bond donors (Lipinski definition) is 0. The van der Waals surface area contributed by atoms with E-state index >= 15 is 0 Å². The number of allylic oxidation sites excluding steroid dienone is 4. The summed E-state index contributed by atoms with van der Waals surface area (Å²) in [6.07, 6.45) is -2.40. The smallest absolute Gasteiger partial charge is 0.242 e. The molecule has 7 heteroatoms. The first-order chi connectivity index (χ1) is 14.7. The van der Waals surface area contributed by atoms with E-state index in [0.29, 0.717) is 12.5 Å². The van der Waals surface area contributed by atoms with Gasteiger partial charge < -0.3 is 0 Å². The van der Waals surface area contributed by atoms with Crippen LogP contribution < -0.4 is 0 Å². The first kappa shape index (κ1) is 23.1. The van der Waals surface area contributed by atoms with E-state index in [-0.39, 0.29) is 11.1 Å². The summed E-state index contributed by atoms with van der Waals surface area (Å²) in [5, 5.41) is 0. The Morgan fingerprint density at radius 2 is 1.61 bits per heavy atom. The molecule has 0 bridgehead atoms. The average molecular weight is 442 g/mol. The zero-order chi connectivity index (χ0) is 22.7. The summed E-state index contributed by atoms with van der Waals surface area (Å²) in [7, 11) is 0. The summed E-state index contributed by atoms with van der Waals surface area (Å²) < 4.78 is 97.3. The van der Waals surface area contributed by atoms with Crippen molar-refractivity contribution in [3.05, 3.63) is 76.4 Å². The lowest BCUT2D eigenvalue weighted by molar-refractivity contribution is 0.158. The van der Waals surface area contributed by atoms with Crippen molar-refractivity contribution in [2.75, 3.05) is 0 Å². The molecule has 0 radical (unpaired) electrons. The second-order valence-electron chi connectivity index (χ2n) is 7.53. The molecule has 1 aliphatic carbocycles. The van der Waals surface area contributed by atoms with Crippen LogP contribution in [0.1, 0.15) is 43.7 Å². The van der Waals surface area contributed by atoms with Crippen molar-refractivity contribution in [2.24, 2.45) is 0 Å². The Hall–Kier alpha value is -2.57. The predicted molar refractivity (Wildman–Crippen MR) is 107 cm³/mol. The van der Waals surface area contributed by atoms with Gasteiger partial charge in [-0.05, 0) is 53.8 Å². The number of benzene rings is 2. The highest BCUT2D eigenvalue weighted by Crippen LogP contribution is 2.39. The van der Waals surface area contributed by atoms with Crippen molar-refractivity contribution >= 4 is 5.57 Å². The maximum atomic E-state index is 14.7. The minimum absolute atomic E-state index is 0.0179. The lowest BCUT2D eigenvalue weighted by Crippen LogP contribution is -2.18. The van der Waals surface area contributed by atoms with Gasteiger partial charge in [-0.3, -0.25) is 0 Å². The standard InChI is InChI=1S/C24H21F7/c1-2-3-4-5-13-6-7-16(17(25)8-13)14-9-18(26)22(19(27)10-14)15-11-20(28)23(24(30)31)21(29)12-15/h6-11,21,24H,2-5,12H2,1H3. The minimum Gasteiger partial charge on any atom is -0.242 e. The molecule has 0 N–H and O–H groups in total. The highest BCUT2D eigenvalue weighted by atomic mass is 19.3. The SMILES string of the molecule is CCCCCc1ccc(-c2cc(F)c(C3=CC(F)=C(C(F)F)C(F)C3)c(F)c2)c(F)c1.